The molecule has 26 heavy (non-hydrogen) atoms. The van der Waals surface area contributed by atoms with Gasteiger partial charge in [-0.2, -0.15) is 0 Å². The second-order valence-electron chi connectivity index (χ2n) is 5.46. The predicted molar refractivity (Wildman–Crippen MR) is 101 cm³/mol. The lowest BCUT2D eigenvalue weighted by Gasteiger charge is -2.11. The van der Waals surface area contributed by atoms with Crippen molar-refractivity contribution < 1.29 is 19.1 Å². The molecule has 7 heteroatoms. The maximum Gasteiger partial charge on any atom is 0.267 e. The molecule has 1 aliphatic heterocycles. The number of nitrogens with one attached hydrogen (secondary N) is 2. The van der Waals surface area contributed by atoms with Crippen LogP contribution in [0, 0.1) is 0 Å². The summed E-state index contributed by atoms with van der Waals surface area (Å²) in [6.45, 7) is 2.43. The van der Waals surface area contributed by atoms with Crippen molar-refractivity contribution in [1.29, 1.82) is 0 Å². The van der Waals surface area contributed by atoms with E-state index in [9.17, 15) is 9.59 Å². The first-order chi connectivity index (χ1) is 12.6. The average Bonchev–Trinajstić information content (AvgIpc) is 3.09. The quantitative estimate of drug-likeness (QED) is 0.734. The van der Waals surface area contributed by atoms with Gasteiger partial charge < -0.3 is 20.1 Å². The van der Waals surface area contributed by atoms with Gasteiger partial charge in [0.2, 0.25) is 6.79 Å². The summed E-state index contributed by atoms with van der Waals surface area (Å²) in [6, 6.07) is 12.3. The summed E-state index contributed by atoms with van der Waals surface area (Å²) in [4.78, 5) is 24.9. The Balaban J connectivity index is 1.89. The minimum Gasteiger partial charge on any atom is -0.454 e. The highest BCUT2D eigenvalue weighted by molar-refractivity contribution is 9.10. The summed E-state index contributed by atoms with van der Waals surface area (Å²) in [5, 5.41) is 5.38. The monoisotopic (exact) mass is 416 g/mol. The molecule has 2 N–H and O–H groups in total. The van der Waals surface area contributed by atoms with Crippen LogP contribution in [-0.4, -0.2) is 25.2 Å². The van der Waals surface area contributed by atoms with Crippen molar-refractivity contribution in [3.63, 3.8) is 0 Å². The number of hydrogen-bond acceptors (Lipinski definition) is 4. The van der Waals surface area contributed by atoms with Gasteiger partial charge in [-0.1, -0.05) is 18.2 Å². The summed E-state index contributed by atoms with van der Waals surface area (Å²) < 4.78 is 11.3. The van der Waals surface area contributed by atoms with E-state index in [1.54, 1.807) is 42.5 Å². The number of benzene rings is 2. The smallest absolute Gasteiger partial charge is 0.267 e. The Kier molecular flexibility index (Phi) is 5.58. The lowest BCUT2D eigenvalue weighted by Crippen LogP contribution is -2.34. The fraction of sp³-hybridized carbons (Fsp3) is 0.158. The van der Waals surface area contributed by atoms with E-state index in [0.717, 1.165) is 0 Å². The number of rotatable bonds is 5. The van der Waals surface area contributed by atoms with E-state index >= 15 is 0 Å². The molecular weight excluding hydrogens is 400 g/mol. The Bertz CT molecular complexity index is 880. The molecule has 0 atom stereocenters. The molecule has 0 bridgehead atoms. The zero-order chi connectivity index (χ0) is 18.5. The highest BCUT2D eigenvalue weighted by Gasteiger charge is 2.17. The maximum atomic E-state index is 12.6. The molecule has 134 valence electrons. The molecule has 0 unspecified atom stereocenters. The number of halogens is 1. The number of amides is 2. The van der Waals surface area contributed by atoms with Crippen LogP contribution < -0.4 is 20.1 Å². The SMILES string of the molecule is CCNC(=O)/C(=C\c1ccc2c(c1)OCO2)NC(=O)c1ccccc1Br. The standard InChI is InChI=1S/C19H17BrN2O4/c1-2-21-19(24)15(22-18(23)13-5-3-4-6-14(13)20)9-12-7-8-16-17(10-12)26-11-25-16/h3-10H,2,11H2,1H3,(H,21,24)(H,22,23)/b15-9+. The molecule has 1 heterocycles. The van der Waals surface area contributed by atoms with E-state index in [4.69, 9.17) is 9.47 Å². The number of carbonyl (C=O) groups excluding carboxylic acids is 2. The van der Waals surface area contributed by atoms with Crippen LogP contribution in [0.3, 0.4) is 0 Å². The third-order valence-electron chi connectivity index (χ3n) is 3.66. The third-order valence-corrected chi connectivity index (χ3v) is 4.35. The molecule has 0 spiro atoms. The van der Waals surface area contributed by atoms with Gasteiger partial charge in [0.1, 0.15) is 5.70 Å². The summed E-state index contributed by atoms with van der Waals surface area (Å²) in [5.74, 6) is 0.506. The summed E-state index contributed by atoms with van der Waals surface area (Å²) in [6.07, 6.45) is 1.60. The number of carbonyl (C=O) groups is 2. The third kappa shape index (κ3) is 4.05. The molecule has 0 aromatic heterocycles. The molecule has 1 aliphatic rings. The largest absolute Gasteiger partial charge is 0.454 e. The van der Waals surface area contributed by atoms with Crippen LogP contribution in [0.4, 0.5) is 0 Å². The van der Waals surface area contributed by atoms with Crippen molar-refractivity contribution in [2.45, 2.75) is 6.92 Å². The van der Waals surface area contributed by atoms with Gasteiger partial charge in [-0.05, 0) is 58.8 Å². The first-order valence-electron chi connectivity index (χ1n) is 8.04. The predicted octanol–water partition coefficient (Wildman–Crippen LogP) is 3.08. The number of fused-ring (bicyclic) bond motifs is 1. The van der Waals surface area contributed by atoms with Crippen molar-refractivity contribution in [2.24, 2.45) is 0 Å². The van der Waals surface area contributed by atoms with Gasteiger partial charge in [-0.15, -0.1) is 0 Å². The number of ether oxygens (including phenoxy) is 2. The Morgan fingerprint density at radius 2 is 1.92 bits per heavy atom. The van der Waals surface area contributed by atoms with E-state index in [1.807, 2.05) is 13.0 Å². The Morgan fingerprint density at radius 3 is 2.69 bits per heavy atom. The fourth-order valence-electron chi connectivity index (χ4n) is 2.42. The summed E-state index contributed by atoms with van der Waals surface area (Å²) in [7, 11) is 0. The second kappa shape index (κ2) is 8.05. The highest BCUT2D eigenvalue weighted by atomic mass is 79.9. The summed E-state index contributed by atoms with van der Waals surface area (Å²) in [5.41, 5.74) is 1.29. The zero-order valence-electron chi connectivity index (χ0n) is 14.0. The van der Waals surface area contributed by atoms with Crippen molar-refractivity contribution in [1.82, 2.24) is 10.6 Å². The molecule has 2 aromatic rings. The van der Waals surface area contributed by atoms with Crippen LogP contribution in [0.2, 0.25) is 0 Å². The zero-order valence-corrected chi connectivity index (χ0v) is 15.6. The Hall–Kier alpha value is -2.80. The van der Waals surface area contributed by atoms with Crippen molar-refractivity contribution in [3.05, 3.63) is 63.8 Å². The lowest BCUT2D eigenvalue weighted by atomic mass is 10.1. The molecule has 6 nitrogen and oxygen atoms in total. The van der Waals surface area contributed by atoms with E-state index < -0.39 is 0 Å². The average molecular weight is 417 g/mol. The lowest BCUT2D eigenvalue weighted by molar-refractivity contribution is -0.117. The molecule has 0 saturated carbocycles. The molecule has 0 radical (unpaired) electrons. The van der Waals surface area contributed by atoms with Crippen LogP contribution in [-0.2, 0) is 4.79 Å². The van der Waals surface area contributed by atoms with Crippen LogP contribution in [0.15, 0.2) is 52.6 Å². The molecular formula is C19H17BrN2O4. The topological polar surface area (TPSA) is 76.7 Å². The van der Waals surface area contributed by atoms with E-state index in [0.29, 0.717) is 33.6 Å². The molecule has 3 rings (SSSR count). The van der Waals surface area contributed by atoms with E-state index in [2.05, 4.69) is 26.6 Å². The second-order valence-corrected chi connectivity index (χ2v) is 6.32. The van der Waals surface area contributed by atoms with Gasteiger partial charge >= 0.3 is 0 Å². The highest BCUT2D eigenvalue weighted by Crippen LogP contribution is 2.33. The normalized spacial score (nSPS) is 12.6. The molecule has 2 amide bonds. The molecule has 0 aliphatic carbocycles. The Morgan fingerprint density at radius 1 is 1.15 bits per heavy atom. The van der Waals surface area contributed by atoms with Crippen molar-refractivity contribution in [2.75, 3.05) is 13.3 Å². The molecule has 0 fully saturated rings. The van der Waals surface area contributed by atoms with Gasteiger partial charge in [0.15, 0.2) is 11.5 Å². The first-order valence-corrected chi connectivity index (χ1v) is 8.83. The van der Waals surface area contributed by atoms with Gasteiger partial charge in [0, 0.05) is 11.0 Å². The number of hydrogen-bond donors (Lipinski definition) is 2. The maximum absolute atomic E-state index is 12.6. The summed E-state index contributed by atoms with van der Waals surface area (Å²) >= 11 is 3.34. The molecule has 0 saturated heterocycles. The van der Waals surface area contributed by atoms with Gasteiger partial charge in [0.25, 0.3) is 11.8 Å². The van der Waals surface area contributed by atoms with E-state index in [-0.39, 0.29) is 24.3 Å². The van der Waals surface area contributed by atoms with Gasteiger partial charge in [0.05, 0.1) is 5.56 Å². The van der Waals surface area contributed by atoms with Crippen LogP contribution in [0.25, 0.3) is 6.08 Å². The number of likely N-dealkylation sites (N-methyl/N-ethyl adjacent to an activating group) is 1. The van der Waals surface area contributed by atoms with E-state index in [1.165, 1.54) is 0 Å². The van der Waals surface area contributed by atoms with Gasteiger partial charge in [-0.3, -0.25) is 9.59 Å². The first kappa shape index (κ1) is 18.0. The fourth-order valence-corrected chi connectivity index (χ4v) is 2.88. The van der Waals surface area contributed by atoms with Crippen LogP contribution >= 0.6 is 15.9 Å². The minimum atomic E-state index is -0.379. The minimum absolute atomic E-state index is 0.145. The Labute approximate surface area is 159 Å². The van der Waals surface area contributed by atoms with Gasteiger partial charge in [-0.25, -0.2) is 0 Å². The molecule has 2 aromatic carbocycles. The van der Waals surface area contributed by atoms with Crippen LogP contribution in [0.1, 0.15) is 22.8 Å². The van der Waals surface area contributed by atoms with Crippen molar-refractivity contribution in [3.8, 4) is 11.5 Å². The van der Waals surface area contributed by atoms with Crippen LogP contribution in [0.5, 0.6) is 11.5 Å². The van der Waals surface area contributed by atoms with Crippen molar-refractivity contribution >= 4 is 33.8 Å².